The van der Waals surface area contributed by atoms with Crippen LogP contribution in [0.5, 0.6) is 0 Å². The second-order valence-electron chi connectivity index (χ2n) is 2.35. The molecule has 0 aromatic heterocycles. The number of carbonyl (C=O) groups is 3. The van der Waals surface area contributed by atoms with Crippen LogP contribution < -0.4 is 5.73 Å². The number of imide groups is 1. The van der Waals surface area contributed by atoms with Gasteiger partial charge in [-0.15, -0.1) is 0 Å². The molecule has 0 aromatic rings. The molecule has 1 heterocycles. The van der Waals surface area contributed by atoms with Gasteiger partial charge in [-0.3, -0.25) is 14.8 Å². The fourth-order valence-electron chi connectivity index (χ4n) is 0.707. The molecule has 0 radical (unpaired) electrons. The molecule has 1 aliphatic heterocycles. The predicted octanol–water partition coefficient (Wildman–Crippen LogP) is -0.374. The highest BCUT2D eigenvalue weighted by atomic mass is 16.5. The highest BCUT2D eigenvalue weighted by molar-refractivity contribution is 6.00. The summed E-state index contributed by atoms with van der Waals surface area (Å²) in [5, 5.41) is 8.57. The maximum Gasteiger partial charge on any atom is 0.404 e. The van der Waals surface area contributed by atoms with Gasteiger partial charge in [0, 0.05) is 12.8 Å². The number of primary amides is 1. The van der Waals surface area contributed by atoms with Crippen LogP contribution in [0.2, 0.25) is 0 Å². The van der Waals surface area contributed by atoms with E-state index in [-0.39, 0.29) is 17.9 Å². The Labute approximate surface area is 80.4 Å². The molecule has 0 aromatic carbocycles. The Hall–Kier alpha value is -1.63. The largest absolute Gasteiger partial charge is 0.450 e. The van der Waals surface area contributed by atoms with Crippen LogP contribution in [0.15, 0.2) is 0 Å². The molecule has 0 atom stereocenters. The zero-order chi connectivity index (χ0) is 11.1. The van der Waals surface area contributed by atoms with Crippen LogP contribution in [0.25, 0.3) is 0 Å². The molecular formula is C7H12N2O5. The Kier molecular flexibility index (Phi) is 5.23. The zero-order valence-electron chi connectivity index (χ0n) is 7.73. The maximum absolute atomic E-state index is 10.2. The van der Waals surface area contributed by atoms with E-state index in [1.807, 2.05) is 0 Å². The second-order valence-corrected chi connectivity index (χ2v) is 2.35. The van der Waals surface area contributed by atoms with E-state index in [2.05, 4.69) is 10.5 Å². The normalized spacial score (nSPS) is 14.9. The number of carbonyl (C=O) groups excluding carboxylic acids is 3. The molecule has 80 valence electrons. The SMILES string of the molecule is CCOC(N)=O.O=C1CCC(=O)N1O. The molecule has 1 rings (SSSR count). The van der Waals surface area contributed by atoms with Crippen molar-refractivity contribution in [2.24, 2.45) is 5.73 Å². The van der Waals surface area contributed by atoms with Crippen molar-refractivity contribution in [1.82, 2.24) is 5.06 Å². The van der Waals surface area contributed by atoms with Gasteiger partial charge >= 0.3 is 6.09 Å². The molecule has 1 fully saturated rings. The highest BCUT2D eigenvalue weighted by Gasteiger charge is 2.26. The zero-order valence-corrected chi connectivity index (χ0v) is 7.73. The minimum absolute atomic E-state index is 0.148. The number of hydroxylamine groups is 2. The Bertz CT molecular complexity index is 224. The van der Waals surface area contributed by atoms with Gasteiger partial charge in [-0.25, -0.2) is 4.79 Å². The molecule has 14 heavy (non-hydrogen) atoms. The third-order valence-corrected chi connectivity index (χ3v) is 1.31. The van der Waals surface area contributed by atoms with Gasteiger partial charge in [-0.05, 0) is 6.92 Å². The fourth-order valence-corrected chi connectivity index (χ4v) is 0.707. The van der Waals surface area contributed by atoms with E-state index in [0.717, 1.165) is 0 Å². The quantitative estimate of drug-likeness (QED) is 0.447. The first-order valence-corrected chi connectivity index (χ1v) is 3.96. The van der Waals surface area contributed by atoms with Crippen LogP contribution in [0.3, 0.4) is 0 Å². The standard InChI is InChI=1S/C4H5NO3.C3H7NO2/c6-3-1-2-4(7)5(3)8;1-2-6-3(4)5/h8H,1-2H2;2H2,1H3,(H2,4,5). The molecule has 7 nitrogen and oxygen atoms in total. The third kappa shape index (κ3) is 4.41. The van der Waals surface area contributed by atoms with Gasteiger partial charge in [-0.2, -0.15) is 5.06 Å². The molecule has 0 saturated carbocycles. The van der Waals surface area contributed by atoms with Crippen LogP contribution >= 0.6 is 0 Å². The fraction of sp³-hybridized carbons (Fsp3) is 0.571. The lowest BCUT2D eigenvalue weighted by atomic mass is 10.4. The Morgan fingerprint density at radius 1 is 1.50 bits per heavy atom. The summed E-state index contributed by atoms with van der Waals surface area (Å²) >= 11 is 0. The topological polar surface area (TPSA) is 110 Å². The number of hydrogen-bond acceptors (Lipinski definition) is 5. The lowest BCUT2D eigenvalue weighted by molar-refractivity contribution is -0.171. The number of rotatable bonds is 1. The van der Waals surface area contributed by atoms with E-state index in [0.29, 0.717) is 6.61 Å². The highest BCUT2D eigenvalue weighted by Crippen LogP contribution is 2.06. The van der Waals surface area contributed by atoms with Crippen molar-refractivity contribution >= 4 is 17.9 Å². The summed E-state index contributed by atoms with van der Waals surface area (Å²) in [6, 6.07) is 0. The summed E-state index contributed by atoms with van der Waals surface area (Å²) in [5.41, 5.74) is 4.54. The van der Waals surface area contributed by atoms with E-state index in [1.54, 1.807) is 6.92 Å². The molecule has 0 unspecified atom stereocenters. The van der Waals surface area contributed by atoms with E-state index >= 15 is 0 Å². The summed E-state index contributed by atoms with van der Waals surface area (Å²) in [7, 11) is 0. The molecular weight excluding hydrogens is 192 g/mol. The molecule has 1 aliphatic rings. The average Bonchev–Trinajstić information content (AvgIpc) is 2.37. The predicted molar refractivity (Wildman–Crippen MR) is 44.1 cm³/mol. The first-order chi connectivity index (χ1) is 6.49. The van der Waals surface area contributed by atoms with Crippen LogP contribution in [0, 0.1) is 0 Å². The number of hydrogen-bond donors (Lipinski definition) is 2. The van der Waals surface area contributed by atoms with Gasteiger partial charge in [0.05, 0.1) is 6.61 Å². The molecule has 0 bridgehead atoms. The van der Waals surface area contributed by atoms with Gasteiger partial charge < -0.3 is 10.5 Å². The van der Waals surface area contributed by atoms with E-state index < -0.39 is 17.9 Å². The lowest BCUT2D eigenvalue weighted by Crippen LogP contribution is -2.24. The summed E-state index contributed by atoms with van der Waals surface area (Å²) in [4.78, 5) is 30.1. The van der Waals surface area contributed by atoms with Crippen molar-refractivity contribution in [2.75, 3.05) is 6.61 Å². The van der Waals surface area contributed by atoms with Crippen molar-refractivity contribution in [3.63, 3.8) is 0 Å². The molecule has 3 amide bonds. The Morgan fingerprint density at radius 3 is 2.00 bits per heavy atom. The number of nitrogens with two attached hydrogens (primary N) is 1. The number of ether oxygens (including phenoxy) is 1. The van der Waals surface area contributed by atoms with Gasteiger partial charge in [0.25, 0.3) is 11.8 Å². The van der Waals surface area contributed by atoms with Crippen LogP contribution in [-0.2, 0) is 14.3 Å². The van der Waals surface area contributed by atoms with Crippen LogP contribution in [-0.4, -0.2) is 34.8 Å². The van der Waals surface area contributed by atoms with E-state index in [1.165, 1.54) is 0 Å². The van der Waals surface area contributed by atoms with Crippen molar-refractivity contribution < 1.29 is 24.3 Å². The average molecular weight is 204 g/mol. The van der Waals surface area contributed by atoms with E-state index in [4.69, 9.17) is 5.21 Å². The summed E-state index contributed by atoms with van der Waals surface area (Å²) < 4.78 is 4.18. The third-order valence-electron chi connectivity index (χ3n) is 1.31. The molecule has 0 spiro atoms. The molecule has 0 aliphatic carbocycles. The number of nitrogens with zero attached hydrogens (tertiary/aromatic N) is 1. The smallest absolute Gasteiger partial charge is 0.404 e. The minimum Gasteiger partial charge on any atom is -0.450 e. The summed E-state index contributed by atoms with van der Waals surface area (Å²) in [6.45, 7) is 2.06. The first-order valence-electron chi connectivity index (χ1n) is 3.96. The summed E-state index contributed by atoms with van der Waals surface area (Å²) in [6.07, 6.45) is -0.414. The molecule has 3 N–H and O–H groups in total. The van der Waals surface area contributed by atoms with Crippen molar-refractivity contribution in [1.29, 1.82) is 0 Å². The molecule has 7 heteroatoms. The Morgan fingerprint density at radius 2 is 1.93 bits per heavy atom. The summed E-state index contributed by atoms with van der Waals surface area (Å²) in [5.74, 6) is -1.01. The minimum atomic E-state index is -0.711. The van der Waals surface area contributed by atoms with Gasteiger partial charge in [0.15, 0.2) is 0 Å². The lowest BCUT2D eigenvalue weighted by Gasteiger charge is -1.98. The van der Waals surface area contributed by atoms with Crippen LogP contribution in [0.1, 0.15) is 19.8 Å². The van der Waals surface area contributed by atoms with Crippen molar-refractivity contribution in [3.8, 4) is 0 Å². The van der Waals surface area contributed by atoms with Gasteiger partial charge in [-0.1, -0.05) is 0 Å². The van der Waals surface area contributed by atoms with Gasteiger partial charge in [0.2, 0.25) is 0 Å². The Balaban J connectivity index is 0.000000255. The van der Waals surface area contributed by atoms with Crippen molar-refractivity contribution in [2.45, 2.75) is 19.8 Å². The van der Waals surface area contributed by atoms with Crippen molar-refractivity contribution in [3.05, 3.63) is 0 Å². The first kappa shape index (κ1) is 12.4. The second kappa shape index (κ2) is 5.92. The molecule has 1 saturated heterocycles. The van der Waals surface area contributed by atoms with E-state index in [9.17, 15) is 14.4 Å². The maximum atomic E-state index is 10.2. The van der Waals surface area contributed by atoms with Gasteiger partial charge in [0.1, 0.15) is 0 Å². The number of amides is 3. The van der Waals surface area contributed by atoms with Crippen LogP contribution in [0.4, 0.5) is 4.79 Å². The monoisotopic (exact) mass is 204 g/mol.